The van der Waals surface area contributed by atoms with E-state index in [0.717, 1.165) is 0 Å². The SMILES string of the molecule is CCO[C@H](C)c1cccc([C@@H](C)OCC)c1[Se][Se]c1c([C@@H](C)OCC)cccc1[C@@H](C)OCC. The van der Waals surface area contributed by atoms with Crippen LogP contribution in [-0.2, 0) is 18.9 Å². The average Bonchev–Trinajstić information content (AvgIpc) is 2.82. The third-order valence-corrected chi connectivity index (χ3v) is 13.2. The van der Waals surface area contributed by atoms with E-state index in [9.17, 15) is 0 Å². The van der Waals surface area contributed by atoms with E-state index in [1.54, 1.807) is 0 Å². The quantitative estimate of drug-likeness (QED) is 0.259. The average molecular weight is 601 g/mol. The van der Waals surface area contributed by atoms with E-state index in [1.165, 1.54) is 31.2 Å². The van der Waals surface area contributed by atoms with Gasteiger partial charge < -0.3 is 0 Å². The molecule has 2 aromatic carbocycles. The van der Waals surface area contributed by atoms with Crippen LogP contribution >= 0.6 is 0 Å². The topological polar surface area (TPSA) is 36.9 Å². The molecule has 0 aliphatic heterocycles. The van der Waals surface area contributed by atoms with Crippen molar-refractivity contribution in [2.24, 2.45) is 0 Å². The van der Waals surface area contributed by atoms with Crippen molar-refractivity contribution in [3.05, 3.63) is 58.7 Å². The zero-order chi connectivity index (χ0) is 25.1. The molecule has 0 unspecified atom stereocenters. The molecule has 0 aliphatic carbocycles. The minimum absolute atomic E-state index is 0.0610. The predicted octanol–water partition coefficient (Wildman–Crippen LogP) is 5.35. The molecule has 0 fully saturated rings. The van der Waals surface area contributed by atoms with Gasteiger partial charge in [-0.3, -0.25) is 0 Å². The Bertz CT molecular complexity index is 741. The van der Waals surface area contributed by atoms with E-state index in [4.69, 9.17) is 18.9 Å². The van der Waals surface area contributed by atoms with Gasteiger partial charge in [0.05, 0.1) is 0 Å². The fourth-order valence-corrected chi connectivity index (χ4v) is 13.2. The van der Waals surface area contributed by atoms with Gasteiger partial charge in [-0.1, -0.05) is 0 Å². The summed E-state index contributed by atoms with van der Waals surface area (Å²) in [7, 11) is 0. The van der Waals surface area contributed by atoms with Crippen molar-refractivity contribution in [3.8, 4) is 0 Å². The first-order valence-corrected chi connectivity index (χ1v) is 18.5. The van der Waals surface area contributed by atoms with Crippen LogP contribution in [0, 0.1) is 0 Å². The molecule has 0 saturated carbocycles. The van der Waals surface area contributed by atoms with Crippen molar-refractivity contribution in [1.29, 1.82) is 0 Å². The molecule has 34 heavy (non-hydrogen) atoms. The fourth-order valence-electron chi connectivity index (χ4n) is 4.06. The summed E-state index contributed by atoms with van der Waals surface area (Å²) in [5, 5.41) is 0. The summed E-state index contributed by atoms with van der Waals surface area (Å²) in [6.45, 7) is 19.7. The summed E-state index contributed by atoms with van der Waals surface area (Å²) < 4.78 is 27.0. The Morgan fingerprint density at radius 3 is 0.941 bits per heavy atom. The Morgan fingerprint density at radius 2 is 0.735 bits per heavy atom. The number of rotatable bonds is 15. The van der Waals surface area contributed by atoms with Crippen molar-refractivity contribution < 1.29 is 18.9 Å². The predicted molar refractivity (Wildman–Crippen MR) is 144 cm³/mol. The maximum absolute atomic E-state index is 6.04. The molecule has 0 spiro atoms. The van der Waals surface area contributed by atoms with E-state index in [2.05, 4.69) is 91.8 Å². The van der Waals surface area contributed by atoms with Gasteiger partial charge in [-0.2, -0.15) is 0 Å². The number of ether oxygens (including phenoxy) is 4. The van der Waals surface area contributed by atoms with Crippen LogP contribution in [0.3, 0.4) is 0 Å². The van der Waals surface area contributed by atoms with E-state index < -0.39 is 0 Å². The summed E-state index contributed by atoms with van der Waals surface area (Å²) >= 11 is 0.497. The second-order valence-electron chi connectivity index (χ2n) is 8.09. The van der Waals surface area contributed by atoms with Crippen LogP contribution in [0.2, 0.25) is 0 Å². The van der Waals surface area contributed by atoms with Gasteiger partial charge in [0.25, 0.3) is 0 Å². The van der Waals surface area contributed by atoms with Gasteiger partial charge in [-0.25, -0.2) is 0 Å². The van der Waals surface area contributed by atoms with Gasteiger partial charge in [0.2, 0.25) is 0 Å². The molecule has 0 N–H and O–H groups in total. The van der Waals surface area contributed by atoms with Gasteiger partial charge in [0.1, 0.15) is 0 Å². The van der Waals surface area contributed by atoms with Crippen LogP contribution in [0.4, 0.5) is 0 Å². The Hall–Kier alpha value is -0.681. The molecular formula is C28H42O4Se2. The monoisotopic (exact) mass is 602 g/mol. The molecule has 2 rings (SSSR count). The van der Waals surface area contributed by atoms with E-state index >= 15 is 0 Å². The Kier molecular flexibility index (Phi) is 13.4. The van der Waals surface area contributed by atoms with Gasteiger partial charge in [0, 0.05) is 0 Å². The Morgan fingerprint density at radius 1 is 0.500 bits per heavy atom. The normalized spacial score (nSPS) is 15.2. The van der Waals surface area contributed by atoms with Crippen LogP contribution in [0.25, 0.3) is 0 Å². The summed E-state index contributed by atoms with van der Waals surface area (Å²) in [5.74, 6) is 0. The first-order chi connectivity index (χ1) is 16.4. The van der Waals surface area contributed by atoms with Crippen LogP contribution in [0.15, 0.2) is 36.4 Å². The second kappa shape index (κ2) is 15.4. The molecule has 0 aliphatic rings. The number of hydrogen-bond donors (Lipinski definition) is 0. The van der Waals surface area contributed by atoms with Crippen molar-refractivity contribution in [3.63, 3.8) is 0 Å². The van der Waals surface area contributed by atoms with Gasteiger partial charge >= 0.3 is 219 Å². The van der Waals surface area contributed by atoms with E-state index in [0.29, 0.717) is 26.4 Å². The van der Waals surface area contributed by atoms with E-state index in [1.807, 2.05) is 0 Å². The molecule has 4 atom stereocenters. The molecule has 0 saturated heterocycles. The zero-order valence-electron chi connectivity index (χ0n) is 22.1. The van der Waals surface area contributed by atoms with Gasteiger partial charge in [-0.15, -0.1) is 0 Å². The first kappa shape index (κ1) is 29.5. The molecule has 0 bridgehead atoms. The standard InChI is InChI=1S/C28H42O4Se2/c1-9-29-19(5)23-15-13-16-24(20(6)30-10-2)27(23)33-34-28-25(21(7)31-11-3)17-14-18-26(28)22(8)32-12-4/h13-22H,9-12H2,1-8H3/t19-,20-,21-,22-/m1/s1. The molecule has 0 heterocycles. The van der Waals surface area contributed by atoms with Gasteiger partial charge in [0.15, 0.2) is 0 Å². The third-order valence-electron chi connectivity index (χ3n) is 5.78. The van der Waals surface area contributed by atoms with Gasteiger partial charge in [-0.05, 0) is 0 Å². The Labute approximate surface area is 218 Å². The molecule has 6 heteroatoms. The molecule has 4 nitrogen and oxygen atoms in total. The summed E-state index contributed by atoms with van der Waals surface area (Å²) in [4.78, 5) is 0. The van der Waals surface area contributed by atoms with Crippen molar-refractivity contribution in [2.75, 3.05) is 26.4 Å². The number of hydrogen-bond acceptors (Lipinski definition) is 4. The first-order valence-electron chi connectivity index (χ1n) is 12.5. The zero-order valence-corrected chi connectivity index (χ0v) is 25.5. The maximum atomic E-state index is 6.04. The fraction of sp³-hybridized carbons (Fsp3) is 0.571. The third kappa shape index (κ3) is 7.91. The van der Waals surface area contributed by atoms with Crippen molar-refractivity contribution in [1.82, 2.24) is 0 Å². The van der Waals surface area contributed by atoms with Crippen LogP contribution in [0.5, 0.6) is 0 Å². The second-order valence-corrected chi connectivity index (χ2v) is 14.1. The molecule has 2 aromatic rings. The summed E-state index contributed by atoms with van der Waals surface area (Å²) in [6, 6.07) is 13.2. The van der Waals surface area contributed by atoms with Crippen LogP contribution in [0.1, 0.15) is 102 Å². The summed E-state index contributed by atoms with van der Waals surface area (Å²) in [5.41, 5.74) is 5.18. The van der Waals surface area contributed by atoms with Crippen LogP contribution < -0.4 is 8.92 Å². The molecule has 190 valence electrons. The van der Waals surface area contributed by atoms with Crippen molar-refractivity contribution >= 4 is 35.2 Å². The summed E-state index contributed by atoms with van der Waals surface area (Å²) in [6.07, 6.45) is 0.244. The van der Waals surface area contributed by atoms with E-state index in [-0.39, 0.29) is 50.7 Å². The molecule has 0 aromatic heterocycles. The molecular weight excluding hydrogens is 558 g/mol. The number of benzene rings is 2. The molecule has 0 amide bonds. The van der Waals surface area contributed by atoms with Crippen LogP contribution in [-0.4, -0.2) is 52.7 Å². The minimum atomic E-state index is 0.0610. The molecule has 0 radical (unpaired) electrons. The van der Waals surface area contributed by atoms with Crippen molar-refractivity contribution in [2.45, 2.75) is 79.8 Å². The Balaban J connectivity index is 2.53.